The number of nitriles is 1. The Hall–Kier alpha value is -1.96. The molecule has 1 aromatic heterocycles. The maximum Gasteiger partial charge on any atom is 0.409 e. The topological polar surface area (TPSA) is 61.2 Å². The Balaban J connectivity index is 2.57. The maximum atomic E-state index is 13.6. The summed E-state index contributed by atoms with van der Waals surface area (Å²) < 4.78 is 79.2. The summed E-state index contributed by atoms with van der Waals surface area (Å²) in [6, 6.07) is 5.10. The van der Waals surface area contributed by atoms with Crippen LogP contribution in [0.15, 0.2) is 40.6 Å². The van der Waals surface area contributed by atoms with Crippen LogP contribution in [0.2, 0.25) is 0 Å². The second-order valence-electron chi connectivity index (χ2n) is 4.93. The third-order valence-electron chi connectivity index (χ3n) is 3.35. The number of benzene rings is 1. The van der Waals surface area contributed by atoms with E-state index in [1.165, 1.54) is 13.0 Å². The second-order valence-corrected chi connectivity index (χ2v) is 8.14. The van der Waals surface area contributed by atoms with Gasteiger partial charge in [0.2, 0.25) is 0 Å². The van der Waals surface area contributed by atoms with Crippen molar-refractivity contribution >= 4 is 21.4 Å². The number of hydrogen-bond donors (Lipinski definition) is 0. The Kier molecular flexibility index (Phi) is 5.51. The Morgan fingerprint density at radius 3 is 2.24 bits per heavy atom. The quantitative estimate of drug-likeness (QED) is 0.721. The van der Waals surface area contributed by atoms with Gasteiger partial charge in [0.05, 0.1) is 0 Å². The predicted molar refractivity (Wildman–Crippen MR) is 83.8 cm³/mol. The molecule has 0 radical (unpaired) electrons. The van der Waals surface area contributed by atoms with Crippen LogP contribution in [0, 0.1) is 17.1 Å². The first kappa shape index (κ1) is 19.4. The molecule has 2 rings (SSSR count). The average molecular weight is 392 g/mol. The van der Waals surface area contributed by atoms with Gasteiger partial charge in [-0.05, 0) is 29.8 Å². The van der Waals surface area contributed by atoms with Crippen molar-refractivity contribution in [2.75, 3.05) is 6.54 Å². The molecule has 25 heavy (non-hydrogen) atoms. The Morgan fingerprint density at radius 1 is 1.20 bits per heavy atom. The second kappa shape index (κ2) is 7.11. The van der Waals surface area contributed by atoms with Crippen LogP contribution in [0.3, 0.4) is 0 Å². The summed E-state index contributed by atoms with van der Waals surface area (Å²) in [6.45, 7) is 0.822. The SMILES string of the molecule is CCN([C@@H](c1ccc(F)cc1)C(F)(F)F)S(=O)(=O)c1ccc(C#N)s1. The Labute approximate surface area is 146 Å². The van der Waals surface area contributed by atoms with E-state index in [0.29, 0.717) is 15.6 Å². The van der Waals surface area contributed by atoms with Crippen molar-refractivity contribution < 1.29 is 26.0 Å². The fourth-order valence-electron chi connectivity index (χ4n) is 2.29. The van der Waals surface area contributed by atoms with Crippen LogP contribution in [-0.4, -0.2) is 25.4 Å². The maximum absolute atomic E-state index is 13.6. The summed E-state index contributed by atoms with van der Waals surface area (Å²) in [5.41, 5.74) is -0.392. The van der Waals surface area contributed by atoms with Crippen LogP contribution in [-0.2, 0) is 10.0 Å². The molecule has 1 aromatic carbocycles. The first-order valence-electron chi connectivity index (χ1n) is 6.95. The van der Waals surface area contributed by atoms with Gasteiger partial charge in [-0.15, -0.1) is 11.3 Å². The minimum absolute atomic E-state index is 0.0694. The van der Waals surface area contributed by atoms with E-state index in [1.54, 1.807) is 6.07 Å². The van der Waals surface area contributed by atoms with Gasteiger partial charge in [0.1, 0.15) is 27.0 Å². The average Bonchev–Trinajstić information content (AvgIpc) is 3.02. The van der Waals surface area contributed by atoms with E-state index < -0.39 is 40.2 Å². The first-order chi connectivity index (χ1) is 11.6. The van der Waals surface area contributed by atoms with Crippen molar-refractivity contribution in [1.82, 2.24) is 4.31 Å². The molecule has 0 bridgehead atoms. The number of rotatable bonds is 5. The summed E-state index contributed by atoms with van der Waals surface area (Å²) in [5.74, 6) is -0.729. The lowest BCUT2D eigenvalue weighted by Crippen LogP contribution is -2.42. The summed E-state index contributed by atoms with van der Waals surface area (Å²) in [4.78, 5) is 0.0694. The molecule has 0 unspecified atom stereocenters. The standard InChI is InChI=1S/C15H12F4N2O2S2/c1-2-21(25(22,23)13-8-7-12(9-20)24-13)14(15(17,18)19)10-3-5-11(16)6-4-10/h3-8,14H,2H2,1H3/t14-/m0/s1. The number of thiophene rings is 1. The van der Waals surface area contributed by atoms with Crippen molar-refractivity contribution in [2.45, 2.75) is 23.4 Å². The third kappa shape index (κ3) is 4.00. The van der Waals surface area contributed by atoms with Gasteiger partial charge in [-0.1, -0.05) is 19.1 Å². The lowest BCUT2D eigenvalue weighted by atomic mass is 10.1. The van der Waals surface area contributed by atoms with Gasteiger partial charge in [0, 0.05) is 6.54 Å². The molecule has 0 aliphatic rings. The van der Waals surface area contributed by atoms with Gasteiger partial charge < -0.3 is 0 Å². The van der Waals surface area contributed by atoms with Crippen LogP contribution >= 0.6 is 11.3 Å². The van der Waals surface area contributed by atoms with Crippen molar-refractivity contribution in [2.24, 2.45) is 0 Å². The number of halogens is 4. The highest BCUT2D eigenvalue weighted by atomic mass is 32.2. The molecular formula is C15H12F4N2O2S2. The van der Waals surface area contributed by atoms with Crippen LogP contribution in [0.1, 0.15) is 23.4 Å². The van der Waals surface area contributed by atoms with E-state index in [-0.39, 0.29) is 9.09 Å². The highest BCUT2D eigenvalue weighted by Crippen LogP contribution is 2.41. The van der Waals surface area contributed by atoms with Crippen LogP contribution in [0.25, 0.3) is 0 Å². The van der Waals surface area contributed by atoms with Gasteiger partial charge in [-0.2, -0.15) is 22.7 Å². The smallest absolute Gasteiger partial charge is 0.207 e. The first-order valence-corrected chi connectivity index (χ1v) is 9.21. The van der Waals surface area contributed by atoms with E-state index in [1.807, 2.05) is 0 Å². The Bertz CT molecular complexity index is 883. The van der Waals surface area contributed by atoms with E-state index in [0.717, 1.165) is 30.3 Å². The van der Waals surface area contributed by atoms with Gasteiger partial charge in [0.15, 0.2) is 0 Å². The molecule has 1 atom stereocenters. The van der Waals surface area contributed by atoms with Crippen molar-refractivity contribution in [3.8, 4) is 6.07 Å². The summed E-state index contributed by atoms with van der Waals surface area (Å²) >= 11 is 0.591. The molecule has 0 saturated carbocycles. The molecule has 0 fully saturated rings. The lowest BCUT2D eigenvalue weighted by Gasteiger charge is -2.31. The van der Waals surface area contributed by atoms with E-state index in [9.17, 15) is 26.0 Å². The predicted octanol–water partition coefficient (Wildman–Crippen LogP) is 4.07. The lowest BCUT2D eigenvalue weighted by molar-refractivity contribution is -0.173. The van der Waals surface area contributed by atoms with E-state index in [2.05, 4.69) is 0 Å². The van der Waals surface area contributed by atoms with Crippen molar-refractivity contribution in [1.29, 1.82) is 5.26 Å². The number of nitrogens with zero attached hydrogens (tertiary/aromatic N) is 2. The molecule has 0 aliphatic carbocycles. The zero-order valence-electron chi connectivity index (χ0n) is 12.8. The molecule has 10 heteroatoms. The van der Waals surface area contributed by atoms with Crippen LogP contribution < -0.4 is 0 Å². The molecule has 0 spiro atoms. The molecular weight excluding hydrogens is 380 g/mol. The fraction of sp³-hybridized carbons (Fsp3) is 0.267. The normalized spacial score (nSPS) is 13.6. The minimum atomic E-state index is -4.91. The highest BCUT2D eigenvalue weighted by Gasteiger charge is 2.49. The summed E-state index contributed by atoms with van der Waals surface area (Å²) in [7, 11) is -4.49. The monoisotopic (exact) mass is 392 g/mol. The zero-order chi connectivity index (χ0) is 18.8. The highest BCUT2D eigenvalue weighted by molar-refractivity contribution is 7.91. The van der Waals surface area contributed by atoms with Crippen LogP contribution in [0.4, 0.5) is 17.6 Å². The molecule has 0 aliphatic heterocycles. The van der Waals surface area contributed by atoms with Gasteiger partial charge >= 0.3 is 6.18 Å². The van der Waals surface area contributed by atoms with E-state index >= 15 is 0 Å². The fourth-order valence-corrected chi connectivity index (χ4v) is 5.13. The summed E-state index contributed by atoms with van der Waals surface area (Å²) in [5, 5.41) is 8.79. The Morgan fingerprint density at radius 2 is 1.80 bits per heavy atom. The van der Waals surface area contributed by atoms with Gasteiger partial charge in [-0.25, -0.2) is 12.8 Å². The number of hydrogen-bond acceptors (Lipinski definition) is 4. The van der Waals surface area contributed by atoms with Gasteiger partial charge in [0.25, 0.3) is 10.0 Å². The number of alkyl halides is 3. The molecule has 0 saturated heterocycles. The molecule has 1 heterocycles. The minimum Gasteiger partial charge on any atom is -0.207 e. The van der Waals surface area contributed by atoms with Gasteiger partial charge in [-0.3, -0.25) is 0 Å². The molecule has 0 N–H and O–H groups in total. The molecule has 0 amide bonds. The molecule has 2 aromatic rings. The summed E-state index contributed by atoms with van der Waals surface area (Å²) in [6.07, 6.45) is -4.91. The number of sulfonamides is 1. The van der Waals surface area contributed by atoms with Crippen molar-refractivity contribution in [3.05, 3.63) is 52.7 Å². The zero-order valence-corrected chi connectivity index (χ0v) is 14.4. The third-order valence-corrected chi connectivity index (χ3v) is 6.75. The molecule has 4 nitrogen and oxygen atoms in total. The molecule has 134 valence electrons. The van der Waals surface area contributed by atoms with E-state index in [4.69, 9.17) is 5.26 Å². The largest absolute Gasteiger partial charge is 0.409 e. The van der Waals surface area contributed by atoms with Crippen LogP contribution in [0.5, 0.6) is 0 Å². The van der Waals surface area contributed by atoms with Crippen molar-refractivity contribution in [3.63, 3.8) is 0 Å².